The van der Waals surface area contributed by atoms with Crippen LogP contribution in [0.2, 0.25) is 5.02 Å². The molecule has 0 fully saturated rings. The van der Waals surface area contributed by atoms with Gasteiger partial charge in [-0.3, -0.25) is 24.6 Å². The van der Waals surface area contributed by atoms with E-state index in [-0.39, 0.29) is 23.5 Å². The van der Waals surface area contributed by atoms with Gasteiger partial charge >= 0.3 is 0 Å². The summed E-state index contributed by atoms with van der Waals surface area (Å²) in [4.78, 5) is 25.2. The maximum absolute atomic E-state index is 14.5. The van der Waals surface area contributed by atoms with Crippen molar-refractivity contribution in [3.8, 4) is 0 Å². The molecule has 0 unspecified atom stereocenters. The second-order valence-corrected chi connectivity index (χ2v) is 7.05. The number of carbonyl (C=O) groups excluding carboxylic acids is 1. The zero-order valence-electron chi connectivity index (χ0n) is 16.0. The molecule has 1 aliphatic heterocycles. The van der Waals surface area contributed by atoms with E-state index in [2.05, 4.69) is 25.7 Å². The molecule has 30 heavy (non-hydrogen) atoms. The van der Waals surface area contributed by atoms with E-state index in [4.69, 9.17) is 11.6 Å². The predicted octanol–water partition coefficient (Wildman–Crippen LogP) is 2.51. The molecular weight excluding hydrogens is 416 g/mol. The van der Waals surface area contributed by atoms with Crippen molar-refractivity contribution in [1.82, 2.24) is 25.1 Å². The molecule has 0 spiro atoms. The fraction of sp³-hybridized carbons (Fsp3) is 0.263. The number of anilines is 1. The number of imidazole rings is 1. The number of benzene rings is 1. The van der Waals surface area contributed by atoms with Gasteiger partial charge in [-0.05, 0) is 24.1 Å². The van der Waals surface area contributed by atoms with Gasteiger partial charge in [-0.15, -0.1) is 0 Å². The maximum Gasteiger partial charge on any atom is 0.270 e. The Morgan fingerprint density at radius 2 is 2.10 bits per heavy atom. The fourth-order valence-electron chi connectivity index (χ4n) is 3.26. The number of aromatic nitrogens is 3. The summed E-state index contributed by atoms with van der Waals surface area (Å²) >= 11 is 5.99. The highest BCUT2D eigenvalue weighted by atomic mass is 35.5. The number of carbonyl (C=O) groups is 1. The molecule has 0 saturated carbocycles. The molecule has 11 heteroatoms. The van der Waals surface area contributed by atoms with Crippen molar-refractivity contribution in [3.05, 3.63) is 58.1 Å². The van der Waals surface area contributed by atoms with E-state index >= 15 is 0 Å². The van der Waals surface area contributed by atoms with Crippen molar-refractivity contribution in [2.75, 3.05) is 18.1 Å². The predicted molar refractivity (Wildman–Crippen MR) is 109 cm³/mol. The SMILES string of the molecule is CCc1nc2ncc(Cl)cn2c1C(=O)NCc1cc(F)c(N2CCN=CN2)c(F)c1. The van der Waals surface area contributed by atoms with Crippen molar-refractivity contribution >= 4 is 35.3 Å². The molecule has 0 atom stereocenters. The van der Waals surface area contributed by atoms with E-state index in [1.807, 2.05) is 6.92 Å². The third kappa shape index (κ3) is 3.78. The van der Waals surface area contributed by atoms with Crippen molar-refractivity contribution in [1.29, 1.82) is 0 Å². The molecule has 1 aromatic carbocycles. The van der Waals surface area contributed by atoms with Gasteiger partial charge in [0.15, 0.2) is 11.6 Å². The number of hydrazine groups is 1. The molecule has 1 aliphatic rings. The molecule has 0 radical (unpaired) electrons. The van der Waals surface area contributed by atoms with E-state index < -0.39 is 17.5 Å². The van der Waals surface area contributed by atoms with Crippen molar-refractivity contribution in [2.45, 2.75) is 19.9 Å². The van der Waals surface area contributed by atoms with Crippen LogP contribution in [-0.4, -0.2) is 39.7 Å². The van der Waals surface area contributed by atoms with Crippen LogP contribution >= 0.6 is 11.6 Å². The average molecular weight is 434 g/mol. The molecule has 0 aliphatic carbocycles. The first-order valence-electron chi connectivity index (χ1n) is 9.28. The summed E-state index contributed by atoms with van der Waals surface area (Å²) in [5, 5.41) is 4.39. The number of hydrogen-bond acceptors (Lipinski definition) is 6. The Bertz CT molecular complexity index is 1120. The number of nitrogens with one attached hydrogen (secondary N) is 2. The van der Waals surface area contributed by atoms with Crippen LogP contribution in [0.25, 0.3) is 5.78 Å². The van der Waals surface area contributed by atoms with Crippen molar-refractivity contribution < 1.29 is 13.6 Å². The lowest BCUT2D eigenvalue weighted by molar-refractivity contribution is 0.0944. The van der Waals surface area contributed by atoms with Crippen LogP contribution in [-0.2, 0) is 13.0 Å². The molecule has 1 amide bonds. The Kier molecular flexibility index (Phi) is 5.49. The quantitative estimate of drug-likeness (QED) is 0.645. The van der Waals surface area contributed by atoms with Crippen LogP contribution in [0.4, 0.5) is 14.5 Å². The van der Waals surface area contributed by atoms with Crippen LogP contribution in [0.3, 0.4) is 0 Å². The summed E-state index contributed by atoms with van der Waals surface area (Å²) in [6, 6.07) is 2.39. The zero-order chi connectivity index (χ0) is 21.3. The van der Waals surface area contributed by atoms with Crippen LogP contribution in [0.1, 0.15) is 28.7 Å². The number of halogens is 3. The molecule has 3 heterocycles. The second-order valence-electron chi connectivity index (χ2n) is 6.61. The van der Waals surface area contributed by atoms with Crippen molar-refractivity contribution in [2.24, 2.45) is 4.99 Å². The molecule has 156 valence electrons. The van der Waals surface area contributed by atoms with E-state index in [1.165, 1.54) is 34.1 Å². The van der Waals surface area contributed by atoms with Crippen LogP contribution in [0, 0.1) is 11.6 Å². The van der Waals surface area contributed by atoms with E-state index in [1.54, 1.807) is 6.20 Å². The van der Waals surface area contributed by atoms with E-state index in [0.29, 0.717) is 36.0 Å². The summed E-state index contributed by atoms with van der Waals surface area (Å²) in [6.07, 6.45) is 4.89. The lowest BCUT2D eigenvalue weighted by Gasteiger charge is -2.27. The molecule has 0 bridgehead atoms. The first-order valence-corrected chi connectivity index (χ1v) is 9.66. The molecule has 3 aromatic rings. The fourth-order valence-corrected chi connectivity index (χ4v) is 3.41. The number of nitrogens with zero attached hydrogens (tertiary/aromatic N) is 5. The van der Waals surface area contributed by atoms with Gasteiger partial charge in [-0.25, -0.2) is 18.7 Å². The minimum Gasteiger partial charge on any atom is -0.347 e. The van der Waals surface area contributed by atoms with Gasteiger partial charge in [0.1, 0.15) is 17.7 Å². The highest BCUT2D eigenvalue weighted by molar-refractivity contribution is 6.30. The van der Waals surface area contributed by atoms with Crippen LogP contribution < -0.4 is 15.8 Å². The van der Waals surface area contributed by atoms with Gasteiger partial charge in [-0.1, -0.05) is 18.5 Å². The Morgan fingerprint density at radius 3 is 2.77 bits per heavy atom. The summed E-state index contributed by atoms with van der Waals surface area (Å²) in [5.41, 5.74) is 3.64. The van der Waals surface area contributed by atoms with Gasteiger partial charge in [0.2, 0.25) is 5.78 Å². The Balaban J connectivity index is 1.55. The average Bonchev–Trinajstić information content (AvgIpc) is 3.10. The van der Waals surface area contributed by atoms with E-state index in [0.717, 1.165) is 0 Å². The highest BCUT2D eigenvalue weighted by Gasteiger charge is 2.21. The normalized spacial score (nSPS) is 13.5. The molecular formula is C19H18ClF2N7O. The molecule has 8 nitrogen and oxygen atoms in total. The Hall–Kier alpha value is -3.27. The number of hydrogen-bond donors (Lipinski definition) is 2. The monoisotopic (exact) mass is 433 g/mol. The van der Waals surface area contributed by atoms with E-state index in [9.17, 15) is 13.6 Å². The van der Waals surface area contributed by atoms with Gasteiger partial charge in [0.25, 0.3) is 5.91 Å². The summed E-state index contributed by atoms with van der Waals surface area (Å²) in [7, 11) is 0. The minimum atomic E-state index is -0.734. The molecule has 2 N–H and O–H groups in total. The maximum atomic E-state index is 14.5. The molecule has 0 saturated heterocycles. The number of amides is 1. The summed E-state index contributed by atoms with van der Waals surface area (Å²) in [6.45, 7) is 2.57. The highest BCUT2D eigenvalue weighted by Crippen LogP contribution is 2.24. The smallest absolute Gasteiger partial charge is 0.270 e. The minimum absolute atomic E-state index is 0.0633. The lowest BCUT2D eigenvalue weighted by Crippen LogP contribution is -2.43. The lowest BCUT2D eigenvalue weighted by atomic mass is 10.1. The Labute approximate surface area is 175 Å². The van der Waals surface area contributed by atoms with Crippen LogP contribution in [0.15, 0.2) is 29.5 Å². The Morgan fingerprint density at radius 1 is 1.33 bits per heavy atom. The van der Waals surface area contributed by atoms with Gasteiger partial charge < -0.3 is 5.32 Å². The van der Waals surface area contributed by atoms with Crippen molar-refractivity contribution in [3.63, 3.8) is 0 Å². The molecule has 2 aromatic heterocycles. The first kappa shape index (κ1) is 20.0. The largest absolute Gasteiger partial charge is 0.347 e. The third-order valence-corrected chi connectivity index (χ3v) is 4.82. The number of fused-ring (bicyclic) bond motifs is 1. The van der Waals surface area contributed by atoms with Gasteiger partial charge in [0.05, 0.1) is 30.0 Å². The summed E-state index contributed by atoms with van der Waals surface area (Å²) < 4.78 is 30.6. The number of rotatable bonds is 5. The van der Waals surface area contributed by atoms with Gasteiger partial charge in [-0.2, -0.15) is 0 Å². The summed E-state index contributed by atoms with van der Waals surface area (Å²) in [5.74, 6) is -1.56. The second kappa shape index (κ2) is 8.23. The van der Waals surface area contributed by atoms with Crippen LogP contribution in [0.5, 0.6) is 0 Å². The third-order valence-electron chi connectivity index (χ3n) is 4.63. The van der Waals surface area contributed by atoms with Gasteiger partial charge in [0, 0.05) is 12.7 Å². The molecule has 4 rings (SSSR count). The zero-order valence-corrected chi connectivity index (χ0v) is 16.7. The topological polar surface area (TPSA) is 86.9 Å². The number of aryl methyl sites for hydroxylation is 1. The first-order chi connectivity index (χ1) is 14.5. The number of aliphatic imine (C=N–C) groups is 1. The standard InChI is InChI=1S/C19H18ClF2N7O/c1-2-15-17(28-9-12(20)8-25-19(28)27-15)18(30)24-7-11-5-13(21)16(14(22)6-11)29-4-3-23-10-26-29/h5-6,8-10H,2-4,7H2,1H3,(H,23,26)(H,24,30).